The number of benzene rings is 2. The normalized spacial score (nSPS) is 14.0. The third-order valence-electron chi connectivity index (χ3n) is 5.70. The Balaban J connectivity index is 1.55. The molecule has 4 rings (SSSR count). The number of anilines is 1. The van der Waals surface area contributed by atoms with E-state index in [0.717, 1.165) is 48.1 Å². The predicted molar refractivity (Wildman–Crippen MR) is 127 cm³/mol. The van der Waals surface area contributed by atoms with E-state index in [2.05, 4.69) is 55.1 Å². The average Bonchev–Trinajstić information content (AvgIpc) is 3.15. The molecule has 5 nitrogen and oxygen atoms in total. The van der Waals surface area contributed by atoms with Gasteiger partial charge in [0.2, 0.25) is 0 Å². The van der Waals surface area contributed by atoms with Crippen LogP contribution in [0.2, 0.25) is 0 Å². The summed E-state index contributed by atoms with van der Waals surface area (Å²) in [5.41, 5.74) is 6.63. The Bertz CT molecular complexity index is 1090. The Morgan fingerprint density at radius 1 is 1.13 bits per heavy atom. The fourth-order valence-corrected chi connectivity index (χ4v) is 5.17. The van der Waals surface area contributed by atoms with Gasteiger partial charge >= 0.3 is 0 Å². The Morgan fingerprint density at radius 3 is 2.61 bits per heavy atom. The van der Waals surface area contributed by atoms with Crippen LogP contribution in [0.5, 0.6) is 0 Å². The second-order valence-electron chi connectivity index (χ2n) is 8.14. The van der Waals surface area contributed by atoms with Gasteiger partial charge in [0.05, 0.1) is 18.9 Å². The van der Waals surface area contributed by atoms with E-state index in [1.54, 1.807) is 4.90 Å². The number of nitrogens with zero attached hydrogens (tertiary/aromatic N) is 3. The van der Waals surface area contributed by atoms with Gasteiger partial charge in [0, 0.05) is 37.9 Å². The van der Waals surface area contributed by atoms with Gasteiger partial charge in [-0.15, -0.1) is 11.3 Å². The second-order valence-corrected chi connectivity index (χ2v) is 9.14. The molecule has 0 N–H and O–H groups in total. The second kappa shape index (κ2) is 9.20. The molecule has 6 heteroatoms. The summed E-state index contributed by atoms with van der Waals surface area (Å²) in [6.07, 6.45) is 0. The highest BCUT2D eigenvalue weighted by Gasteiger charge is 2.22. The summed E-state index contributed by atoms with van der Waals surface area (Å²) in [5.74, 6) is 0.0165. The molecule has 31 heavy (non-hydrogen) atoms. The number of amides is 1. The lowest BCUT2D eigenvalue weighted by Crippen LogP contribution is -2.37. The van der Waals surface area contributed by atoms with Crippen LogP contribution in [0, 0.1) is 20.8 Å². The maximum Gasteiger partial charge on any atom is 0.265 e. The summed E-state index contributed by atoms with van der Waals surface area (Å²) in [7, 11) is 1.87. The van der Waals surface area contributed by atoms with E-state index in [4.69, 9.17) is 9.72 Å². The van der Waals surface area contributed by atoms with E-state index in [1.165, 1.54) is 28.2 Å². The molecule has 0 radical (unpaired) electrons. The number of ether oxygens (including phenoxy) is 1. The number of carbonyl (C=O) groups is 1. The first kappa shape index (κ1) is 21.5. The van der Waals surface area contributed by atoms with Crippen molar-refractivity contribution in [3.05, 3.63) is 69.7 Å². The molecule has 1 aliphatic rings. The van der Waals surface area contributed by atoms with Gasteiger partial charge in [0.1, 0.15) is 9.88 Å². The number of aromatic nitrogens is 1. The maximum atomic E-state index is 13.3. The largest absolute Gasteiger partial charge is 0.378 e. The lowest BCUT2D eigenvalue weighted by molar-refractivity contribution is 0.0788. The summed E-state index contributed by atoms with van der Waals surface area (Å²) in [6.45, 7) is 9.89. The van der Waals surface area contributed by atoms with E-state index in [9.17, 15) is 4.79 Å². The van der Waals surface area contributed by atoms with Crippen LogP contribution in [0.4, 0.5) is 5.69 Å². The van der Waals surface area contributed by atoms with Gasteiger partial charge < -0.3 is 14.5 Å². The van der Waals surface area contributed by atoms with Crippen molar-refractivity contribution in [3.8, 4) is 10.6 Å². The Kier molecular flexibility index (Phi) is 6.39. The van der Waals surface area contributed by atoms with Gasteiger partial charge in [-0.2, -0.15) is 0 Å². The van der Waals surface area contributed by atoms with Crippen LogP contribution in [0.3, 0.4) is 0 Å². The molecule has 3 aromatic rings. The minimum atomic E-state index is 0.0165. The van der Waals surface area contributed by atoms with Gasteiger partial charge in [-0.25, -0.2) is 4.98 Å². The third kappa shape index (κ3) is 4.65. The first-order valence-corrected chi connectivity index (χ1v) is 11.5. The van der Waals surface area contributed by atoms with Crippen molar-refractivity contribution in [1.29, 1.82) is 0 Å². The average molecular weight is 436 g/mol. The number of hydrogen-bond donors (Lipinski definition) is 0. The first-order valence-electron chi connectivity index (χ1n) is 10.6. The SMILES string of the molecule is Cc1ccc(-c2nc(C)c(C(=O)N(C)Cc3ccccc3N3CCOCC3)s2)c(C)c1. The minimum absolute atomic E-state index is 0.0165. The van der Waals surface area contributed by atoms with Crippen molar-refractivity contribution < 1.29 is 9.53 Å². The van der Waals surface area contributed by atoms with Crippen LogP contribution in [-0.4, -0.2) is 49.1 Å². The van der Waals surface area contributed by atoms with E-state index >= 15 is 0 Å². The molecule has 0 spiro atoms. The zero-order chi connectivity index (χ0) is 22.0. The van der Waals surface area contributed by atoms with Crippen LogP contribution in [0.15, 0.2) is 42.5 Å². The third-order valence-corrected chi connectivity index (χ3v) is 6.88. The summed E-state index contributed by atoms with van der Waals surface area (Å²) in [6, 6.07) is 14.7. The molecule has 2 aromatic carbocycles. The molecule has 0 aliphatic carbocycles. The zero-order valence-corrected chi connectivity index (χ0v) is 19.5. The molecule has 2 heterocycles. The molecule has 0 saturated carbocycles. The number of thiazole rings is 1. The predicted octanol–water partition coefficient (Wildman–Crippen LogP) is 4.84. The van der Waals surface area contributed by atoms with Gasteiger partial charge in [0.15, 0.2) is 0 Å². The van der Waals surface area contributed by atoms with Crippen LogP contribution in [0.25, 0.3) is 10.6 Å². The molecular weight excluding hydrogens is 406 g/mol. The van der Waals surface area contributed by atoms with Gasteiger partial charge in [-0.1, -0.05) is 42.0 Å². The van der Waals surface area contributed by atoms with E-state index in [1.807, 2.05) is 20.0 Å². The maximum absolute atomic E-state index is 13.3. The lowest BCUT2D eigenvalue weighted by atomic mass is 10.1. The standard InChI is InChI=1S/C25H29N3O2S/c1-17-9-10-21(18(2)15-17)24-26-19(3)23(31-24)25(29)27(4)16-20-7-5-6-8-22(20)28-11-13-30-14-12-28/h5-10,15H,11-14,16H2,1-4H3. The van der Waals surface area contributed by atoms with Crippen molar-refractivity contribution >= 4 is 22.9 Å². The van der Waals surface area contributed by atoms with Crippen molar-refractivity contribution in [3.63, 3.8) is 0 Å². The molecule has 162 valence electrons. The van der Waals surface area contributed by atoms with Crippen molar-refractivity contribution in [1.82, 2.24) is 9.88 Å². The topological polar surface area (TPSA) is 45.7 Å². The fraction of sp³-hybridized carbons (Fsp3) is 0.360. The minimum Gasteiger partial charge on any atom is -0.378 e. The lowest BCUT2D eigenvalue weighted by Gasteiger charge is -2.31. The Labute approximate surface area is 188 Å². The highest BCUT2D eigenvalue weighted by atomic mass is 32.1. The number of hydrogen-bond acceptors (Lipinski definition) is 5. The van der Waals surface area contributed by atoms with Crippen molar-refractivity contribution in [2.24, 2.45) is 0 Å². The molecule has 1 aromatic heterocycles. The number of morpholine rings is 1. The number of carbonyl (C=O) groups excluding carboxylic acids is 1. The zero-order valence-electron chi connectivity index (χ0n) is 18.6. The first-order chi connectivity index (χ1) is 14.9. The van der Waals surface area contributed by atoms with Crippen LogP contribution in [0.1, 0.15) is 32.1 Å². The number of para-hydroxylation sites is 1. The van der Waals surface area contributed by atoms with Crippen LogP contribution < -0.4 is 4.90 Å². The monoisotopic (exact) mass is 435 g/mol. The molecule has 0 bridgehead atoms. The molecule has 1 amide bonds. The molecule has 1 fully saturated rings. The number of aryl methyl sites for hydroxylation is 3. The summed E-state index contributed by atoms with van der Waals surface area (Å²) in [5, 5.41) is 0.903. The van der Waals surface area contributed by atoms with E-state index in [0.29, 0.717) is 11.4 Å². The van der Waals surface area contributed by atoms with Gasteiger partial charge in [0.25, 0.3) is 5.91 Å². The highest BCUT2D eigenvalue weighted by molar-refractivity contribution is 7.17. The fourth-order valence-electron chi connectivity index (χ4n) is 4.02. The molecule has 1 aliphatic heterocycles. The quantitative estimate of drug-likeness (QED) is 0.575. The van der Waals surface area contributed by atoms with Gasteiger partial charge in [-0.05, 0) is 38.0 Å². The number of rotatable bonds is 5. The van der Waals surface area contributed by atoms with Crippen LogP contribution >= 0.6 is 11.3 Å². The van der Waals surface area contributed by atoms with Crippen molar-refractivity contribution in [2.45, 2.75) is 27.3 Å². The Morgan fingerprint density at radius 2 is 1.87 bits per heavy atom. The van der Waals surface area contributed by atoms with Gasteiger partial charge in [-0.3, -0.25) is 4.79 Å². The van der Waals surface area contributed by atoms with E-state index < -0.39 is 0 Å². The summed E-state index contributed by atoms with van der Waals surface area (Å²) in [4.78, 5) is 22.9. The molecule has 0 unspecified atom stereocenters. The smallest absolute Gasteiger partial charge is 0.265 e. The molecular formula is C25H29N3O2S. The molecule has 0 atom stereocenters. The molecule has 1 saturated heterocycles. The summed E-state index contributed by atoms with van der Waals surface area (Å²) >= 11 is 1.48. The van der Waals surface area contributed by atoms with Crippen LogP contribution in [-0.2, 0) is 11.3 Å². The Hall–Kier alpha value is -2.70. The van der Waals surface area contributed by atoms with Crippen molar-refractivity contribution in [2.75, 3.05) is 38.3 Å². The highest BCUT2D eigenvalue weighted by Crippen LogP contribution is 2.32. The summed E-state index contributed by atoms with van der Waals surface area (Å²) < 4.78 is 5.49. The van der Waals surface area contributed by atoms with E-state index in [-0.39, 0.29) is 5.91 Å².